The van der Waals surface area contributed by atoms with Gasteiger partial charge in [0.05, 0.1) is 5.92 Å². The predicted molar refractivity (Wildman–Crippen MR) is 91.3 cm³/mol. The van der Waals surface area contributed by atoms with Crippen molar-refractivity contribution in [3.8, 4) is 0 Å². The molecule has 24 heavy (non-hydrogen) atoms. The monoisotopic (exact) mass is 323 g/mol. The molecule has 4 nitrogen and oxygen atoms in total. The van der Waals surface area contributed by atoms with E-state index < -0.39 is 5.97 Å². The van der Waals surface area contributed by atoms with Crippen molar-refractivity contribution in [1.29, 1.82) is 0 Å². The highest BCUT2D eigenvalue weighted by Gasteiger charge is 2.34. The zero-order chi connectivity index (χ0) is 16.7. The summed E-state index contributed by atoms with van der Waals surface area (Å²) in [5, 5.41) is 11.5. The Labute approximate surface area is 141 Å². The van der Waals surface area contributed by atoms with Crippen LogP contribution in [0.3, 0.4) is 0 Å². The van der Waals surface area contributed by atoms with E-state index in [1.165, 1.54) is 21.9 Å². The SMILES string of the molecule is O=C(O)C1CCC(C(=O)N2Cc3cc4ccccc4cc3C2)CC1. The highest BCUT2D eigenvalue weighted by Crippen LogP contribution is 2.34. The minimum absolute atomic E-state index is 0.00988. The van der Waals surface area contributed by atoms with Gasteiger partial charge in [-0.3, -0.25) is 9.59 Å². The molecule has 1 aliphatic carbocycles. The number of aliphatic carboxylic acids is 1. The van der Waals surface area contributed by atoms with Gasteiger partial charge in [-0.25, -0.2) is 0 Å². The van der Waals surface area contributed by atoms with Crippen LogP contribution in [0.2, 0.25) is 0 Å². The molecule has 124 valence electrons. The van der Waals surface area contributed by atoms with Crippen LogP contribution in [0.5, 0.6) is 0 Å². The van der Waals surface area contributed by atoms with Crippen molar-refractivity contribution in [1.82, 2.24) is 4.90 Å². The summed E-state index contributed by atoms with van der Waals surface area (Å²) in [7, 11) is 0. The zero-order valence-electron chi connectivity index (χ0n) is 13.6. The minimum atomic E-state index is -0.721. The van der Waals surface area contributed by atoms with Crippen LogP contribution < -0.4 is 0 Å². The molecule has 0 unspecified atom stereocenters. The lowest BCUT2D eigenvalue weighted by Gasteiger charge is -2.28. The third kappa shape index (κ3) is 2.66. The topological polar surface area (TPSA) is 57.6 Å². The molecular formula is C20H21NO3. The third-order valence-corrected chi connectivity index (χ3v) is 5.53. The van der Waals surface area contributed by atoms with E-state index in [9.17, 15) is 9.59 Å². The van der Waals surface area contributed by atoms with Gasteiger partial charge in [0, 0.05) is 19.0 Å². The number of rotatable bonds is 2. The molecule has 2 aliphatic rings. The predicted octanol–water partition coefficient (Wildman–Crippen LogP) is 3.57. The quantitative estimate of drug-likeness (QED) is 0.919. The molecule has 2 aromatic rings. The summed E-state index contributed by atoms with van der Waals surface area (Å²) in [6, 6.07) is 12.7. The Balaban J connectivity index is 1.47. The molecule has 4 heteroatoms. The molecule has 0 atom stereocenters. The second-order valence-electron chi connectivity index (χ2n) is 7.05. The highest BCUT2D eigenvalue weighted by molar-refractivity contribution is 5.85. The van der Waals surface area contributed by atoms with Gasteiger partial charge in [-0.15, -0.1) is 0 Å². The second kappa shape index (κ2) is 5.93. The number of hydrogen-bond donors (Lipinski definition) is 1. The van der Waals surface area contributed by atoms with E-state index in [4.69, 9.17) is 5.11 Å². The van der Waals surface area contributed by atoms with Gasteiger partial charge >= 0.3 is 5.97 Å². The molecule has 0 bridgehead atoms. The van der Waals surface area contributed by atoms with Crippen LogP contribution in [0.15, 0.2) is 36.4 Å². The van der Waals surface area contributed by atoms with Crippen molar-refractivity contribution in [2.45, 2.75) is 38.8 Å². The fourth-order valence-electron chi connectivity index (χ4n) is 4.10. The molecule has 0 saturated heterocycles. The average Bonchev–Trinajstić information content (AvgIpc) is 3.01. The van der Waals surface area contributed by atoms with E-state index in [2.05, 4.69) is 24.3 Å². The number of amides is 1. The largest absolute Gasteiger partial charge is 0.481 e. The maximum atomic E-state index is 12.8. The first-order valence-corrected chi connectivity index (χ1v) is 8.64. The van der Waals surface area contributed by atoms with E-state index in [-0.39, 0.29) is 17.7 Å². The molecule has 1 N–H and O–H groups in total. The molecule has 4 rings (SSSR count). The van der Waals surface area contributed by atoms with Gasteiger partial charge < -0.3 is 10.0 Å². The fourth-order valence-corrected chi connectivity index (χ4v) is 4.10. The number of carbonyl (C=O) groups excluding carboxylic acids is 1. The number of fused-ring (bicyclic) bond motifs is 2. The van der Waals surface area contributed by atoms with Crippen LogP contribution in [-0.2, 0) is 22.7 Å². The van der Waals surface area contributed by atoms with Gasteiger partial charge in [0.25, 0.3) is 0 Å². The third-order valence-electron chi connectivity index (χ3n) is 5.53. The summed E-state index contributed by atoms with van der Waals surface area (Å²) >= 11 is 0. The zero-order valence-corrected chi connectivity index (χ0v) is 13.6. The minimum Gasteiger partial charge on any atom is -0.481 e. The summed E-state index contributed by atoms with van der Waals surface area (Å²) in [4.78, 5) is 25.8. The van der Waals surface area contributed by atoms with E-state index in [0.29, 0.717) is 38.8 Å². The summed E-state index contributed by atoms with van der Waals surface area (Å²) in [5.41, 5.74) is 2.47. The van der Waals surface area contributed by atoms with Crippen LogP contribution >= 0.6 is 0 Å². The molecule has 0 radical (unpaired) electrons. The maximum Gasteiger partial charge on any atom is 0.306 e. The van der Waals surface area contributed by atoms with Gasteiger partial charge in [-0.1, -0.05) is 24.3 Å². The van der Waals surface area contributed by atoms with Crippen LogP contribution in [0.25, 0.3) is 10.8 Å². The number of carboxylic acid groups (broad SMARTS) is 1. The molecule has 1 heterocycles. The Morgan fingerprint density at radius 1 is 0.875 bits per heavy atom. The Morgan fingerprint density at radius 2 is 1.38 bits per heavy atom. The lowest BCUT2D eigenvalue weighted by molar-refractivity contribution is -0.145. The first-order chi connectivity index (χ1) is 11.6. The van der Waals surface area contributed by atoms with E-state index in [1.54, 1.807) is 0 Å². The number of carbonyl (C=O) groups is 2. The lowest BCUT2D eigenvalue weighted by atomic mass is 9.81. The van der Waals surface area contributed by atoms with Gasteiger partial charge in [0.1, 0.15) is 0 Å². The van der Waals surface area contributed by atoms with Crippen molar-refractivity contribution < 1.29 is 14.7 Å². The Bertz CT molecular complexity index is 761. The number of hydrogen-bond acceptors (Lipinski definition) is 2. The van der Waals surface area contributed by atoms with Crippen molar-refractivity contribution in [3.05, 3.63) is 47.5 Å². The van der Waals surface area contributed by atoms with E-state index in [0.717, 1.165) is 0 Å². The molecule has 0 aromatic heterocycles. The van der Waals surface area contributed by atoms with Crippen LogP contribution in [-0.4, -0.2) is 21.9 Å². The first kappa shape index (κ1) is 15.2. The number of benzene rings is 2. The van der Waals surface area contributed by atoms with Gasteiger partial charge in [-0.05, 0) is 59.7 Å². The lowest BCUT2D eigenvalue weighted by Crippen LogP contribution is -2.35. The molecule has 1 amide bonds. The van der Waals surface area contributed by atoms with Crippen molar-refractivity contribution in [2.24, 2.45) is 11.8 Å². The second-order valence-corrected chi connectivity index (χ2v) is 7.05. The summed E-state index contributed by atoms with van der Waals surface area (Å²) in [5.74, 6) is -0.806. The van der Waals surface area contributed by atoms with Crippen LogP contribution in [0.4, 0.5) is 0 Å². The molecule has 2 aromatic carbocycles. The van der Waals surface area contributed by atoms with Crippen molar-refractivity contribution in [3.63, 3.8) is 0 Å². The molecular weight excluding hydrogens is 302 g/mol. The van der Waals surface area contributed by atoms with Crippen LogP contribution in [0.1, 0.15) is 36.8 Å². The normalized spacial score (nSPS) is 23.2. The first-order valence-electron chi connectivity index (χ1n) is 8.64. The molecule has 1 fully saturated rings. The average molecular weight is 323 g/mol. The Hall–Kier alpha value is -2.36. The standard InChI is InChI=1S/C20H21NO3/c22-19(13-5-7-14(8-6-13)20(23)24)21-11-17-9-15-3-1-2-4-16(15)10-18(17)12-21/h1-4,9-10,13-14H,5-8,11-12H2,(H,23,24). The van der Waals surface area contributed by atoms with Gasteiger partial charge in [-0.2, -0.15) is 0 Å². The number of nitrogens with zero attached hydrogens (tertiary/aromatic N) is 1. The fraction of sp³-hybridized carbons (Fsp3) is 0.400. The molecule has 1 saturated carbocycles. The summed E-state index contributed by atoms with van der Waals surface area (Å²) < 4.78 is 0. The Morgan fingerprint density at radius 3 is 1.88 bits per heavy atom. The molecule has 0 spiro atoms. The highest BCUT2D eigenvalue weighted by atomic mass is 16.4. The smallest absolute Gasteiger partial charge is 0.306 e. The van der Waals surface area contributed by atoms with Gasteiger partial charge in [0.15, 0.2) is 0 Å². The van der Waals surface area contributed by atoms with Gasteiger partial charge in [0.2, 0.25) is 5.91 Å². The Kier molecular flexibility index (Phi) is 3.75. The number of carboxylic acids is 1. The van der Waals surface area contributed by atoms with E-state index in [1.807, 2.05) is 17.0 Å². The van der Waals surface area contributed by atoms with Crippen molar-refractivity contribution >= 4 is 22.6 Å². The summed E-state index contributed by atoms with van der Waals surface area (Å²) in [6.07, 6.45) is 2.64. The molecule has 1 aliphatic heterocycles. The van der Waals surface area contributed by atoms with E-state index >= 15 is 0 Å². The van der Waals surface area contributed by atoms with Crippen LogP contribution in [0, 0.1) is 11.8 Å². The maximum absolute atomic E-state index is 12.8. The summed E-state index contributed by atoms with van der Waals surface area (Å²) in [6.45, 7) is 1.36. The van der Waals surface area contributed by atoms with Crippen molar-refractivity contribution in [2.75, 3.05) is 0 Å².